The van der Waals surface area contributed by atoms with Crippen LogP contribution in [0.5, 0.6) is 0 Å². The predicted molar refractivity (Wildman–Crippen MR) is 128 cm³/mol. The van der Waals surface area contributed by atoms with Crippen molar-refractivity contribution in [3.8, 4) is 0 Å². The number of carbonyl (C=O) groups excluding carboxylic acids is 2. The van der Waals surface area contributed by atoms with E-state index in [0.29, 0.717) is 5.56 Å². The molecule has 0 aromatic heterocycles. The van der Waals surface area contributed by atoms with Crippen molar-refractivity contribution >= 4 is 23.2 Å². The van der Waals surface area contributed by atoms with E-state index in [1.807, 2.05) is 80.6 Å². The molecule has 3 rings (SSSR count). The van der Waals surface area contributed by atoms with Crippen molar-refractivity contribution in [2.75, 3.05) is 10.6 Å². The topological polar surface area (TPSA) is 58.2 Å². The summed E-state index contributed by atoms with van der Waals surface area (Å²) in [4.78, 5) is 26.9. The number of rotatable bonds is 7. The van der Waals surface area contributed by atoms with Crippen LogP contribution in [0.3, 0.4) is 0 Å². The molecule has 3 aromatic rings. The van der Waals surface area contributed by atoms with E-state index < -0.39 is 5.92 Å². The van der Waals surface area contributed by atoms with Gasteiger partial charge in [-0.15, -0.1) is 0 Å². The Bertz CT molecular complexity index is 1010. The Morgan fingerprint density at radius 3 is 1.55 bits per heavy atom. The second-order valence-corrected chi connectivity index (χ2v) is 7.75. The van der Waals surface area contributed by atoms with Crippen molar-refractivity contribution < 1.29 is 9.59 Å². The molecule has 160 valence electrons. The summed E-state index contributed by atoms with van der Waals surface area (Å²) in [6.45, 7) is 8.03. The maximum Gasteiger partial charge on any atom is 0.241 e. The number of benzene rings is 3. The molecule has 0 unspecified atom stereocenters. The average Bonchev–Trinajstić information content (AvgIpc) is 2.77. The number of hydrogen-bond donors (Lipinski definition) is 2. The lowest BCUT2D eigenvalue weighted by Crippen LogP contribution is -2.33. The van der Waals surface area contributed by atoms with E-state index in [-0.39, 0.29) is 11.8 Å². The molecule has 0 aliphatic rings. The molecule has 31 heavy (non-hydrogen) atoms. The van der Waals surface area contributed by atoms with Gasteiger partial charge in [0.2, 0.25) is 11.8 Å². The maximum absolute atomic E-state index is 13.4. The summed E-state index contributed by atoms with van der Waals surface area (Å²) in [5.74, 6) is -1.63. The summed E-state index contributed by atoms with van der Waals surface area (Å²) < 4.78 is 0. The number of hydrogen-bond acceptors (Lipinski definition) is 2. The van der Waals surface area contributed by atoms with E-state index in [1.54, 1.807) is 0 Å². The molecule has 4 nitrogen and oxygen atoms in total. The largest absolute Gasteiger partial charge is 0.325 e. The molecule has 2 N–H and O–H groups in total. The van der Waals surface area contributed by atoms with Gasteiger partial charge in [0.15, 0.2) is 0 Å². The van der Waals surface area contributed by atoms with Gasteiger partial charge in [-0.3, -0.25) is 9.59 Å². The summed E-state index contributed by atoms with van der Waals surface area (Å²) >= 11 is 0. The Kier molecular flexibility index (Phi) is 7.24. The van der Waals surface area contributed by atoms with Crippen molar-refractivity contribution in [2.45, 2.75) is 46.5 Å². The fraction of sp³-hybridized carbons (Fsp3) is 0.259. The van der Waals surface area contributed by atoms with Gasteiger partial charge >= 0.3 is 0 Å². The zero-order valence-electron chi connectivity index (χ0n) is 18.7. The molecular weight excluding hydrogens is 384 g/mol. The van der Waals surface area contributed by atoms with E-state index in [4.69, 9.17) is 0 Å². The third kappa shape index (κ3) is 5.02. The summed E-state index contributed by atoms with van der Waals surface area (Å²) in [5.41, 5.74) is 6.29. The van der Waals surface area contributed by atoms with Crippen LogP contribution in [0.25, 0.3) is 0 Å². The normalized spacial score (nSPS) is 10.7. The molecule has 0 atom stereocenters. The van der Waals surface area contributed by atoms with Gasteiger partial charge in [-0.25, -0.2) is 0 Å². The number of carbonyl (C=O) groups is 2. The van der Waals surface area contributed by atoms with Crippen LogP contribution >= 0.6 is 0 Å². The number of nitrogens with one attached hydrogen (secondary N) is 2. The summed E-state index contributed by atoms with van der Waals surface area (Å²) in [6.07, 6.45) is 1.59. The highest BCUT2D eigenvalue weighted by molar-refractivity contribution is 6.15. The van der Waals surface area contributed by atoms with Gasteiger partial charge in [0.1, 0.15) is 5.92 Å². The van der Waals surface area contributed by atoms with Crippen molar-refractivity contribution in [1.82, 2.24) is 0 Å². The molecule has 3 aromatic carbocycles. The SMILES string of the molecule is CCc1cccc(C)c1NC(=O)C(C(=O)Nc1c(C)cccc1CC)c1ccccc1. The standard InChI is InChI=1S/C27H30N2O2/c1-5-20-16-10-12-18(3)24(20)28-26(30)23(22-14-8-7-9-15-22)27(31)29-25-19(4)13-11-17-21(25)6-2/h7-17,23H,5-6H2,1-4H3,(H,28,30)(H,29,31). The lowest BCUT2D eigenvalue weighted by atomic mass is 9.95. The van der Waals surface area contributed by atoms with Gasteiger partial charge in [-0.1, -0.05) is 80.6 Å². The first kappa shape index (κ1) is 22.3. The molecule has 0 radical (unpaired) electrons. The minimum atomic E-state index is -0.963. The van der Waals surface area contributed by atoms with Crippen LogP contribution in [0, 0.1) is 13.8 Å². The highest BCUT2D eigenvalue weighted by Crippen LogP contribution is 2.27. The fourth-order valence-corrected chi connectivity index (χ4v) is 3.86. The fourth-order valence-electron chi connectivity index (χ4n) is 3.86. The highest BCUT2D eigenvalue weighted by atomic mass is 16.2. The van der Waals surface area contributed by atoms with Crippen molar-refractivity contribution in [3.63, 3.8) is 0 Å². The Hall–Kier alpha value is -3.40. The highest BCUT2D eigenvalue weighted by Gasteiger charge is 2.30. The molecule has 0 heterocycles. The van der Waals surface area contributed by atoms with Crippen LogP contribution in [0.15, 0.2) is 66.7 Å². The lowest BCUT2D eigenvalue weighted by Gasteiger charge is -2.21. The molecule has 0 aliphatic carbocycles. The molecule has 2 amide bonds. The van der Waals surface area contributed by atoms with Crippen LogP contribution in [-0.2, 0) is 22.4 Å². The van der Waals surface area contributed by atoms with Crippen LogP contribution in [-0.4, -0.2) is 11.8 Å². The number of para-hydroxylation sites is 2. The van der Waals surface area contributed by atoms with E-state index in [9.17, 15) is 9.59 Å². The first-order chi connectivity index (χ1) is 15.0. The Morgan fingerprint density at radius 2 is 1.13 bits per heavy atom. The van der Waals surface area contributed by atoms with Crippen LogP contribution < -0.4 is 10.6 Å². The maximum atomic E-state index is 13.4. The van der Waals surface area contributed by atoms with E-state index in [1.165, 1.54) is 0 Å². The average molecular weight is 415 g/mol. The van der Waals surface area contributed by atoms with Crippen molar-refractivity contribution in [2.24, 2.45) is 0 Å². The third-order valence-electron chi connectivity index (χ3n) is 5.63. The van der Waals surface area contributed by atoms with E-state index in [2.05, 4.69) is 24.5 Å². The third-order valence-corrected chi connectivity index (χ3v) is 5.63. The van der Waals surface area contributed by atoms with Gasteiger partial charge < -0.3 is 10.6 Å². The van der Waals surface area contributed by atoms with E-state index in [0.717, 1.165) is 46.5 Å². The predicted octanol–water partition coefficient (Wildman–Crippen LogP) is 5.79. The van der Waals surface area contributed by atoms with Gasteiger partial charge in [0.25, 0.3) is 0 Å². The van der Waals surface area contributed by atoms with Crippen molar-refractivity contribution in [1.29, 1.82) is 0 Å². The first-order valence-corrected chi connectivity index (χ1v) is 10.8. The first-order valence-electron chi connectivity index (χ1n) is 10.8. The Morgan fingerprint density at radius 1 is 0.677 bits per heavy atom. The molecule has 0 fully saturated rings. The molecule has 0 bridgehead atoms. The lowest BCUT2D eigenvalue weighted by molar-refractivity contribution is -0.126. The smallest absolute Gasteiger partial charge is 0.241 e. The van der Waals surface area contributed by atoms with Gasteiger partial charge in [-0.2, -0.15) is 0 Å². The number of aryl methyl sites for hydroxylation is 4. The monoisotopic (exact) mass is 414 g/mol. The minimum absolute atomic E-state index is 0.334. The zero-order chi connectivity index (χ0) is 22.4. The van der Waals surface area contributed by atoms with Crippen LogP contribution in [0.1, 0.15) is 47.6 Å². The number of anilines is 2. The molecule has 4 heteroatoms. The van der Waals surface area contributed by atoms with Crippen LogP contribution in [0.2, 0.25) is 0 Å². The van der Waals surface area contributed by atoms with Gasteiger partial charge in [0, 0.05) is 11.4 Å². The Labute approximate surface area is 184 Å². The summed E-state index contributed by atoms with van der Waals surface area (Å²) in [5, 5.41) is 6.08. The Balaban J connectivity index is 1.97. The van der Waals surface area contributed by atoms with E-state index >= 15 is 0 Å². The van der Waals surface area contributed by atoms with Crippen LogP contribution in [0.4, 0.5) is 11.4 Å². The second-order valence-electron chi connectivity index (χ2n) is 7.75. The molecule has 0 saturated carbocycles. The minimum Gasteiger partial charge on any atom is -0.325 e. The zero-order valence-corrected chi connectivity index (χ0v) is 18.7. The molecule has 0 spiro atoms. The van der Waals surface area contributed by atoms with Gasteiger partial charge in [-0.05, 0) is 54.5 Å². The quantitative estimate of drug-likeness (QED) is 0.481. The number of amides is 2. The second kappa shape index (κ2) is 10.1. The molecule has 0 aliphatic heterocycles. The van der Waals surface area contributed by atoms with Crippen molar-refractivity contribution in [3.05, 3.63) is 94.5 Å². The summed E-state index contributed by atoms with van der Waals surface area (Å²) in [7, 11) is 0. The molecule has 0 saturated heterocycles. The summed E-state index contributed by atoms with van der Waals surface area (Å²) in [6, 6.07) is 21.1. The molecular formula is C27H30N2O2. The van der Waals surface area contributed by atoms with Gasteiger partial charge in [0.05, 0.1) is 0 Å².